The summed E-state index contributed by atoms with van der Waals surface area (Å²) in [6, 6.07) is 5.87. The van der Waals surface area contributed by atoms with Crippen molar-refractivity contribution in [1.82, 2.24) is 9.88 Å². The molecular formula is C11H14N2O2. The molecule has 1 heterocycles. The number of nitrogens with one attached hydrogen (secondary N) is 1. The molecule has 0 atom stereocenters. The molecule has 2 aromatic rings. The molecule has 0 unspecified atom stereocenters. The fourth-order valence-corrected chi connectivity index (χ4v) is 1.60. The second kappa shape index (κ2) is 3.90. The third-order valence-corrected chi connectivity index (χ3v) is 2.52. The van der Waals surface area contributed by atoms with Crippen molar-refractivity contribution in [2.45, 2.75) is 6.42 Å². The van der Waals surface area contributed by atoms with Crippen LogP contribution in [0.15, 0.2) is 27.4 Å². The van der Waals surface area contributed by atoms with E-state index in [1.807, 2.05) is 25.2 Å². The number of likely N-dealkylation sites (N-methyl/N-ethyl adjacent to an activating group) is 1. The fraction of sp³-hybridized carbons (Fsp3) is 0.364. The van der Waals surface area contributed by atoms with E-state index in [1.165, 1.54) is 10.1 Å². The minimum Gasteiger partial charge on any atom is -0.408 e. The first-order valence-corrected chi connectivity index (χ1v) is 4.95. The number of aromatic nitrogens is 1. The summed E-state index contributed by atoms with van der Waals surface area (Å²) in [5.41, 5.74) is 2.68. The van der Waals surface area contributed by atoms with E-state index in [-0.39, 0.29) is 5.76 Å². The van der Waals surface area contributed by atoms with Crippen molar-refractivity contribution in [1.29, 1.82) is 0 Å². The predicted octanol–water partition coefficient (Wildman–Crippen LogP) is 0.893. The summed E-state index contributed by atoms with van der Waals surface area (Å²) in [7, 11) is 3.63. The SMILES string of the molecule is CNCCc1ccc2c(c1)oc(=O)n2C. The van der Waals surface area contributed by atoms with Gasteiger partial charge in [0.15, 0.2) is 5.58 Å². The number of oxazole rings is 1. The lowest BCUT2D eigenvalue weighted by atomic mass is 10.1. The maximum Gasteiger partial charge on any atom is 0.419 e. The number of hydrogen-bond donors (Lipinski definition) is 1. The van der Waals surface area contributed by atoms with Gasteiger partial charge in [0.05, 0.1) is 5.52 Å². The van der Waals surface area contributed by atoms with E-state index in [9.17, 15) is 4.79 Å². The standard InChI is InChI=1S/C11H14N2O2/c1-12-6-5-8-3-4-9-10(7-8)15-11(14)13(9)2/h3-4,7,12H,5-6H2,1-2H3. The molecule has 0 saturated heterocycles. The van der Waals surface area contributed by atoms with Crippen LogP contribution in [0.5, 0.6) is 0 Å². The Morgan fingerprint density at radius 1 is 1.47 bits per heavy atom. The van der Waals surface area contributed by atoms with E-state index in [2.05, 4.69) is 5.32 Å². The van der Waals surface area contributed by atoms with Crippen LogP contribution in [0.25, 0.3) is 11.1 Å². The maximum atomic E-state index is 11.2. The van der Waals surface area contributed by atoms with Crippen LogP contribution in [0.1, 0.15) is 5.56 Å². The van der Waals surface area contributed by atoms with Gasteiger partial charge in [0, 0.05) is 7.05 Å². The predicted molar refractivity (Wildman–Crippen MR) is 59.1 cm³/mol. The molecule has 0 radical (unpaired) electrons. The van der Waals surface area contributed by atoms with Crippen molar-refractivity contribution in [2.24, 2.45) is 7.05 Å². The van der Waals surface area contributed by atoms with Crippen molar-refractivity contribution in [3.63, 3.8) is 0 Å². The topological polar surface area (TPSA) is 47.2 Å². The highest BCUT2D eigenvalue weighted by atomic mass is 16.4. The van der Waals surface area contributed by atoms with Crippen LogP contribution >= 0.6 is 0 Å². The van der Waals surface area contributed by atoms with Gasteiger partial charge in [-0.2, -0.15) is 0 Å². The highest BCUT2D eigenvalue weighted by Crippen LogP contribution is 2.14. The number of fused-ring (bicyclic) bond motifs is 1. The summed E-state index contributed by atoms with van der Waals surface area (Å²) in [5.74, 6) is -0.309. The summed E-state index contributed by atoms with van der Waals surface area (Å²) < 4.78 is 6.62. The molecule has 1 N–H and O–H groups in total. The third-order valence-electron chi connectivity index (χ3n) is 2.52. The van der Waals surface area contributed by atoms with E-state index < -0.39 is 0 Å². The van der Waals surface area contributed by atoms with Crippen molar-refractivity contribution in [3.05, 3.63) is 34.3 Å². The fourth-order valence-electron chi connectivity index (χ4n) is 1.60. The van der Waals surface area contributed by atoms with Gasteiger partial charge in [0.1, 0.15) is 0 Å². The normalized spacial score (nSPS) is 11.1. The Balaban J connectivity index is 2.43. The van der Waals surface area contributed by atoms with Gasteiger partial charge in [0.25, 0.3) is 0 Å². The second-order valence-electron chi connectivity index (χ2n) is 3.58. The number of hydrogen-bond acceptors (Lipinski definition) is 3. The van der Waals surface area contributed by atoms with Gasteiger partial charge in [-0.15, -0.1) is 0 Å². The van der Waals surface area contributed by atoms with Crippen LogP contribution in [-0.2, 0) is 13.5 Å². The smallest absolute Gasteiger partial charge is 0.408 e. The molecule has 0 spiro atoms. The van der Waals surface area contributed by atoms with Crippen molar-refractivity contribution >= 4 is 11.1 Å². The minimum atomic E-state index is -0.309. The third kappa shape index (κ3) is 1.80. The Morgan fingerprint density at radius 2 is 2.27 bits per heavy atom. The minimum absolute atomic E-state index is 0.309. The van der Waals surface area contributed by atoms with Crippen LogP contribution in [0.3, 0.4) is 0 Å². The highest BCUT2D eigenvalue weighted by molar-refractivity contribution is 5.73. The highest BCUT2D eigenvalue weighted by Gasteiger charge is 2.05. The Morgan fingerprint density at radius 3 is 3.00 bits per heavy atom. The van der Waals surface area contributed by atoms with Crippen LogP contribution in [0, 0.1) is 0 Å². The lowest BCUT2D eigenvalue weighted by molar-refractivity contribution is 0.528. The average molecular weight is 206 g/mol. The Labute approximate surface area is 87.5 Å². The average Bonchev–Trinajstić information content (AvgIpc) is 2.52. The molecule has 4 nitrogen and oxygen atoms in total. The molecule has 0 aliphatic rings. The van der Waals surface area contributed by atoms with Crippen molar-refractivity contribution in [3.8, 4) is 0 Å². The van der Waals surface area contributed by atoms with Gasteiger partial charge < -0.3 is 9.73 Å². The molecule has 80 valence electrons. The second-order valence-corrected chi connectivity index (χ2v) is 3.58. The largest absolute Gasteiger partial charge is 0.419 e. The first-order valence-electron chi connectivity index (χ1n) is 4.95. The molecule has 15 heavy (non-hydrogen) atoms. The molecule has 0 saturated carbocycles. The van der Waals surface area contributed by atoms with Gasteiger partial charge >= 0.3 is 5.76 Å². The Kier molecular flexibility index (Phi) is 2.60. The van der Waals surface area contributed by atoms with Gasteiger partial charge in [-0.25, -0.2) is 4.79 Å². The van der Waals surface area contributed by atoms with Crippen LogP contribution in [0.2, 0.25) is 0 Å². The number of rotatable bonds is 3. The summed E-state index contributed by atoms with van der Waals surface area (Å²) in [6.07, 6.45) is 0.936. The summed E-state index contributed by atoms with van der Waals surface area (Å²) in [5, 5.41) is 3.08. The first kappa shape index (κ1) is 9.98. The monoisotopic (exact) mass is 206 g/mol. The molecule has 1 aromatic carbocycles. The Hall–Kier alpha value is -1.55. The molecule has 0 fully saturated rings. The van der Waals surface area contributed by atoms with Gasteiger partial charge in [-0.3, -0.25) is 4.57 Å². The lowest BCUT2D eigenvalue weighted by Crippen LogP contribution is -2.10. The van der Waals surface area contributed by atoms with E-state index >= 15 is 0 Å². The van der Waals surface area contributed by atoms with Crippen molar-refractivity contribution < 1.29 is 4.42 Å². The number of aryl methyl sites for hydroxylation is 1. The quantitative estimate of drug-likeness (QED) is 0.811. The van der Waals surface area contributed by atoms with Crippen LogP contribution < -0.4 is 11.1 Å². The molecule has 4 heteroatoms. The zero-order chi connectivity index (χ0) is 10.8. The lowest BCUT2D eigenvalue weighted by Gasteiger charge is -2.00. The van der Waals surface area contributed by atoms with E-state index in [1.54, 1.807) is 7.05 Å². The summed E-state index contributed by atoms with van der Waals surface area (Å²) in [4.78, 5) is 11.2. The molecule has 0 aliphatic heterocycles. The van der Waals surface area contributed by atoms with Gasteiger partial charge in [-0.05, 0) is 37.7 Å². The molecule has 0 amide bonds. The molecular weight excluding hydrogens is 192 g/mol. The zero-order valence-corrected chi connectivity index (χ0v) is 8.91. The zero-order valence-electron chi connectivity index (χ0n) is 8.91. The van der Waals surface area contributed by atoms with E-state index in [4.69, 9.17) is 4.42 Å². The number of nitrogens with zero attached hydrogens (tertiary/aromatic N) is 1. The Bertz CT molecular complexity index is 525. The van der Waals surface area contributed by atoms with E-state index in [0.717, 1.165) is 18.5 Å². The summed E-state index contributed by atoms with van der Waals surface area (Å²) >= 11 is 0. The molecule has 1 aromatic heterocycles. The number of benzene rings is 1. The maximum absolute atomic E-state index is 11.2. The summed E-state index contributed by atoms with van der Waals surface area (Å²) in [6.45, 7) is 0.919. The van der Waals surface area contributed by atoms with Gasteiger partial charge in [0.2, 0.25) is 0 Å². The van der Waals surface area contributed by atoms with Crippen LogP contribution in [-0.4, -0.2) is 18.2 Å². The molecule has 2 rings (SSSR count). The molecule has 0 bridgehead atoms. The van der Waals surface area contributed by atoms with Crippen molar-refractivity contribution in [2.75, 3.05) is 13.6 Å². The molecule has 0 aliphatic carbocycles. The van der Waals surface area contributed by atoms with E-state index in [0.29, 0.717) is 5.58 Å². The first-order chi connectivity index (χ1) is 7.22. The van der Waals surface area contributed by atoms with Gasteiger partial charge in [-0.1, -0.05) is 6.07 Å². The van der Waals surface area contributed by atoms with Crippen LogP contribution in [0.4, 0.5) is 0 Å².